The Morgan fingerprint density at radius 1 is 1.33 bits per heavy atom. The summed E-state index contributed by atoms with van der Waals surface area (Å²) >= 11 is 5.77. The molecular weight excluding hydrogens is 290 g/mol. The fourth-order valence-corrected chi connectivity index (χ4v) is 2.13. The lowest BCUT2D eigenvalue weighted by Gasteiger charge is -2.13. The van der Waals surface area contributed by atoms with Crippen molar-refractivity contribution in [2.45, 2.75) is 12.5 Å². The number of aromatic nitrogens is 1. The fraction of sp³-hybridized carbons (Fsp3) is 0.267. The molecule has 1 atom stereocenters. The second-order valence-electron chi connectivity index (χ2n) is 4.74. The van der Waals surface area contributed by atoms with Crippen LogP contribution in [0.1, 0.15) is 18.2 Å². The molecule has 5 nitrogen and oxygen atoms in total. The van der Waals surface area contributed by atoms with Gasteiger partial charge >= 0.3 is 6.03 Å². The quantitative estimate of drug-likeness (QED) is 0.795. The number of urea groups is 1. The van der Waals surface area contributed by atoms with Gasteiger partial charge in [0.05, 0.1) is 6.10 Å². The van der Waals surface area contributed by atoms with Crippen LogP contribution in [0, 0.1) is 0 Å². The van der Waals surface area contributed by atoms with Crippen LogP contribution in [0.5, 0.6) is 0 Å². The van der Waals surface area contributed by atoms with Gasteiger partial charge in [-0.1, -0.05) is 11.6 Å². The van der Waals surface area contributed by atoms with E-state index < -0.39 is 6.10 Å². The van der Waals surface area contributed by atoms with E-state index in [4.69, 9.17) is 11.6 Å². The molecule has 0 radical (unpaired) electrons. The largest absolute Gasteiger partial charge is 0.387 e. The number of aliphatic hydroxyl groups excluding tert-OH is 1. The molecule has 6 heteroatoms. The molecule has 0 fully saturated rings. The van der Waals surface area contributed by atoms with Crippen molar-refractivity contribution >= 4 is 23.3 Å². The Morgan fingerprint density at radius 3 is 2.67 bits per heavy atom. The third kappa shape index (κ3) is 4.51. The molecule has 21 heavy (non-hydrogen) atoms. The van der Waals surface area contributed by atoms with Gasteiger partial charge in [0.15, 0.2) is 0 Å². The van der Waals surface area contributed by atoms with Crippen molar-refractivity contribution in [3.05, 3.63) is 53.3 Å². The highest BCUT2D eigenvalue weighted by Gasteiger charge is 2.10. The van der Waals surface area contributed by atoms with E-state index in [1.807, 2.05) is 29.9 Å². The first-order valence-electron chi connectivity index (χ1n) is 6.66. The molecule has 0 bridgehead atoms. The summed E-state index contributed by atoms with van der Waals surface area (Å²) < 4.78 is 1.86. The van der Waals surface area contributed by atoms with Crippen LogP contribution in [-0.2, 0) is 7.05 Å². The molecule has 112 valence electrons. The molecule has 2 aromatic rings. The lowest BCUT2D eigenvalue weighted by Crippen LogP contribution is -2.30. The number of aryl methyl sites for hydroxylation is 1. The Bertz CT molecular complexity index is 595. The molecular formula is C15H18ClN3O2. The van der Waals surface area contributed by atoms with Crippen molar-refractivity contribution in [2.24, 2.45) is 7.05 Å². The van der Waals surface area contributed by atoms with E-state index in [9.17, 15) is 9.90 Å². The lowest BCUT2D eigenvalue weighted by atomic mass is 10.2. The zero-order chi connectivity index (χ0) is 15.2. The normalized spacial score (nSPS) is 12.0. The number of nitrogens with one attached hydrogen (secondary N) is 2. The van der Waals surface area contributed by atoms with Crippen molar-refractivity contribution < 1.29 is 9.90 Å². The number of hydrogen-bond acceptors (Lipinski definition) is 2. The summed E-state index contributed by atoms with van der Waals surface area (Å²) in [5.74, 6) is 0. The summed E-state index contributed by atoms with van der Waals surface area (Å²) in [7, 11) is 1.87. The first-order valence-corrected chi connectivity index (χ1v) is 7.04. The van der Waals surface area contributed by atoms with E-state index in [1.165, 1.54) is 0 Å². The minimum Gasteiger partial charge on any atom is -0.387 e. The van der Waals surface area contributed by atoms with Crippen LogP contribution >= 0.6 is 11.6 Å². The van der Waals surface area contributed by atoms with E-state index in [-0.39, 0.29) is 6.03 Å². The topological polar surface area (TPSA) is 66.3 Å². The van der Waals surface area contributed by atoms with Gasteiger partial charge < -0.3 is 20.3 Å². The monoisotopic (exact) mass is 307 g/mol. The molecule has 1 aromatic heterocycles. The number of hydrogen-bond donors (Lipinski definition) is 3. The van der Waals surface area contributed by atoms with E-state index >= 15 is 0 Å². The summed E-state index contributed by atoms with van der Waals surface area (Å²) in [5.41, 5.74) is 1.50. The maximum absolute atomic E-state index is 11.7. The van der Waals surface area contributed by atoms with Crippen LogP contribution < -0.4 is 10.6 Å². The molecule has 0 aliphatic rings. The fourth-order valence-electron chi connectivity index (χ4n) is 2.00. The number of benzene rings is 1. The minimum absolute atomic E-state index is 0.309. The van der Waals surface area contributed by atoms with Gasteiger partial charge in [0.1, 0.15) is 0 Å². The number of carbonyl (C=O) groups excluding carboxylic acids is 1. The molecule has 1 unspecified atom stereocenters. The van der Waals surface area contributed by atoms with Crippen LogP contribution in [-0.4, -0.2) is 22.2 Å². The highest BCUT2D eigenvalue weighted by molar-refractivity contribution is 6.30. The van der Waals surface area contributed by atoms with E-state index in [0.29, 0.717) is 23.7 Å². The number of rotatable bonds is 5. The van der Waals surface area contributed by atoms with Crippen LogP contribution in [0.15, 0.2) is 42.6 Å². The van der Waals surface area contributed by atoms with E-state index in [1.54, 1.807) is 24.3 Å². The molecule has 2 amide bonds. The van der Waals surface area contributed by atoms with Crippen molar-refractivity contribution in [3.8, 4) is 0 Å². The van der Waals surface area contributed by atoms with E-state index in [2.05, 4.69) is 10.6 Å². The first-order chi connectivity index (χ1) is 10.1. The SMILES string of the molecule is Cn1cccc1C(O)CCNC(=O)Nc1ccc(Cl)cc1. The van der Waals surface area contributed by atoms with Crippen molar-refractivity contribution in [1.29, 1.82) is 0 Å². The third-order valence-corrected chi connectivity index (χ3v) is 3.38. The van der Waals surface area contributed by atoms with Crippen LogP contribution in [0.25, 0.3) is 0 Å². The number of nitrogens with zero attached hydrogens (tertiary/aromatic N) is 1. The smallest absolute Gasteiger partial charge is 0.319 e. The summed E-state index contributed by atoms with van der Waals surface area (Å²) in [4.78, 5) is 11.7. The second-order valence-corrected chi connectivity index (χ2v) is 5.17. The predicted octanol–water partition coefficient (Wildman–Crippen LogP) is 2.92. The average molecular weight is 308 g/mol. The lowest BCUT2D eigenvalue weighted by molar-refractivity contribution is 0.159. The summed E-state index contributed by atoms with van der Waals surface area (Å²) in [5, 5.41) is 16.0. The van der Waals surface area contributed by atoms with Crippen molar-refractivity contribution in [1.82, 2.24) is 9.88 Å². The Balaban J connectivity index is 1.74. The zero-order valence-corrected chi connectivity index (χ0v) is 12.5. The van der Waals surface area contributed by atoms with Gasteiger partial charge in [-0.3, -0.25) is 0 Å². The number of anilines is 1. The van der Waals surface area contributed by atoms with Gasteiger partial charge in [0, 0.05) is 36.2 Å². The van der Waals surface area contributed by atoms with Crippen molar-refractivity contribution in [3.63, 3.8) is 0 Å². The molecule has 0 saturated heterocycles. The number of amides is 2. The summed E-state index contributed by atoms with van der Waals surface area (Å²) in [6.45, 7) is 0.381. The number of halogens is 1. The van der Waals surface area contributed by atoms with Gasteiger partial charge in [-0.2, -0.15) is 0 Å². The standard InChI is InChI=1S/C15H18ClN3O2/c1-19-10-2-3-13(19)14(20)8-9-17-15(21)18-12-6-4-11(16)5-7-12/h2-7,10,14,20H,8-9H2,1H3,(H2,17,18,21). The Morgan fingerprint density at radius 2 is 2.05 bits per heavy atom. The molecule has 0 spiro atoms. The minimum atomic E-state index is -0.596. The molecule has 0 saturated carbocycles. The van der Waals surface area contributed by atoms with Gasteiger partial charge in [0.2, 0.25) is 0 Å². The van der Waals surface area contributed by atoms with Gasteiger partial charge in [-0.15, -0.1) is 0 Å². The Hall–Kier alpha value is -1.98. The predicted molar refractivity (Wildman–Crippen MR) is 83.5 cm³/mol. The zero-order valence-electron chi connectivity index (χ0n) is 11.7. The van der Waals surface area contributed by atoms with Gasteiger partial charge in [-0.05, 0) is 42.8 Å². The number of aliphatic hydroxyl groups is 1. The molecule has 1 aromatic carbocycles. The first kappa shape index (κ1) is 15.4. The third-order valence-electron chi connectivity index (χ3n) is 3.13. The highest BCUT2D eigenvalue weighted by atomic mass is 35.5. The molecule has 2 rings (SSSR count). The molecule has 0 aliphatic carbocycles. The summed E-state index contributed by atoms with van der Waals surface area (Å²) in [6.07, 6.45) is 1.73. The van der Waals surface area contributed by atoms with Crippen LogP contribution in [0.4, 0.5) is 10.5 Å². The van der Waals surface area contributed by atoms with Crippen LogP contribution in [0.2, 0.25) is 5.02 Å². The average Bonchev–Trinajstić information content (AvgIpc) is 2.87. The Kier molecular flexibility index (Phi) is 5.25. The van der Waals surface area contributed by atoms with Crippen LogP contribution in [0.3, 0.4) is 0 Å². The van der Waals surface area contributed by atoms with Gasteiger partial charge in [-0.25, -0.2) is 4.79 Å². The number of carbonyl (C=O) groups is 1. The maximum atomic E-state index is 11.7. The molecule has 1 heterocycles. The second kappa shape index (κ2) is 7.15. The van der Waals surface area contributed by atoms with E-state index in [0.717, 1.165) is 5.69 Å². The molecule has 0 aliphatic heterocycles. The molecule has 3 N–H and O–H groups in total. The maximum Gasteiger partial charge on any atom is 0.319 e. The van der Waals surface area contributed by atoms with Gasteiger partial charge in [0.25, 0.3) is 0 Å². The van der Waals surface area contributed by atoms with Crippen molar-refractivity contribution in [2.75, 3.05) is 11.9 Å². The summed E-state index contributed by atoms with van der Waals surface area (Å²) in [6, 6.07) is 10.3. The Labute approximate surface area is 128 Å². The highest BCUT2D eigenvalue weighted by Crippen LogP contribution is 2.16.